The topological polar surface area (TPSA) is 68.5 Å². The van der Waals surface area contributed by atoms with Crippen LogP contribution in [0, 0.1) is 18.8 Å². The van der Waals surface area contributed by atoms with Gasteiger partial charge in [-0.1, -0.05) is 24.0 Å². The van der Waals surface area contributed by atoms with Crippen molar-refractivity contribution in [1.82, 2.24) is 4.57 Å². The molecular weight excluding hydrogens is 330 g/mol. The Hall–Kier alpha value is -2.84. The molecule has 1 heterocycles. The Bertz CT molecular complexity index is 941. The Kier molecular flexibility index (Phi) is 4.97. The summed E-state index contributed by atoms with van der Waals surface area (Å²) in [7, 11) is 0. The summed E-state index contributed by atoms with van der Waals surface area (Å²) < 4.78 is 6.96. The highest BCUT2D eigenvalue weighted by molar-refractivity contribution is 5.77. The first-order chi connectivity index (χ1) is 12.3. The first-order valence-electron chi connectivity index (χ1n) is 8.53. The van der Waals surface area contributed by atoms with E-state index in [4.69, 9.17) is 4.74 Å². The lowest BCUT2D eigenvalue weighted by Crippen LogP contribution is -2.22. The minimum atomic E-state index is -0.782. The molecule has 1 saturated carbocycles. The number of carbonyl (C=O) groups excluding carboxylic acids is 1. The molecule has 0 amide bonds. The van der Waals surface area contributed by atoms with Gasteiger partial charge in [-0.05, 0) is 50.5 Å². The van der Waals surface area contributed by atoms with Gasteiger partial charge in [-0.15, -0.1) is 0 Å². The summed E-state index contributed by atoms with van der Waals surface area (Å²) >= 11 is 0. The number of ketones is 1. The number of rotatable bonds is 5. The zero-order valence-electron chi connectivity index (χ0n) is 14.9. The molecule has 1 aromatic carbocycles. The standard InChI is InChI=1S/C21H21NO4/c1-15-11-19(26-14-16(2)23)12-20(24)22(15)13-18-5-3-17(4-6-18)7-8-21(25)9-10-21/h3-6,11-12,25H,9-10,13-14H2,1-2H3. The Balaban J connectivity index is 1.72. The number of pyridine rings is 1. The smallest absolute Gasteiger partial charge is 0.254 e. The summed E-state index contributed by atoms with van der Waals surface area (Å²) in [6.07, 6.45) is 1.48. The molecule has 1 aliphatic carbocycles. The van der Waals surface area contributed by atoms with Crippen molar-refractivity contribution in [2.75, 3.05) is 6.61 Å². The SMILES string of the molecule is CC(=O)COc1cc(C)n(Cc2ccc(C#CC3(O)CC3)cc2)c(=O)c1. The van der Waals surface area contributed by atoms with Crippen molar-refractivity contribution in [3.05, 3.63) is 63.6 Å². The molecule has 134 valence electrons. The molecule has 5 nitrogen and oxygen atoms in total. The lowest BCUT2D eigenvalue weighted by Gasteiger charge is -2.12. The maximum absolute atomic E-state index is 12.3. The predicted molar refractivity (Wildman–Crippen MR) is 98.2 cm³/mol. The fourth-order valence-electron chi connectivity index (χ4n) is 2.48. The largest absolute Gasteiger partial charge is 0.486 e. The molecule has 1 aromatic heterocycles. The monoisotopic (exact) mass is 351 g/mol. The maximum Gasteiger partial charge on any atom is 0.254 e. The van der Waals surface area contributed by atoms with E-state index >= 15 is 0 Å². The molecule has 26 heavy (non-hydrogen) atoms. The van der Waals surface area contributed by atoms with E-state index in [1.54, 1.807) is 10.6 Å². The van der Waals surface area contributed by atoms with Crippen LogP contribution in [-0.2, 0) is 11.3 Å². The lowest BCUT2D eigenvalue weighted by atomic mass is 10.1. The van der Waals surface area contributed by atoms with Gasteiger partial charge in [0.25, 0.3) is 5.56 Å². The van der Waals surface area contributed by atoms with Gasteiger partial charge < -0.3 is 14.4 Å². The zero-order valence-corrected chi connectivity index (χ0v) is 14.9. The van der Waals surface area contributed by atoms with Crippen LogP contribution in [0.4, 0.5) is 0 Å². The lowest BCUT2D eigenvalue weighted by molar-refractivity contribution is -0.118. The van der Waals surface area contributed by atoms with Gasteiger partial charge in [0.05, 0.1) is 6.54 Å². The number of benzene rings is 1. The molecule has 0 atom stereocenters. The molecule has 0 bridgehead atoms. The van der Waals surface area contributed by atoms with Crippen LogP contribution in [0.15, 0.2) is 41.2 Å². The highest BCUT2D eigenvalue weighted by atomic mass is 16.5. The van der Waals surface area contributed by atoms with Crippen LogP contribution in [0.5, 0.6) is 5.75 Å². The van der Waals surface area contributed by atoms with Crippen molar-refractivity contribution < 1.29 is 14.6 Å². The highest BCUT2D eigenvalue weighted by Crippen LogP contribution is 2.33. The van der Waals surface area contributed by atoms with Crippen LogP contribution in [0.2, 0.25) is 0 Å². The Morgan fingerprint density at radius 2 is 1.96 bits per heavy atom. The Labute approximate surface area is 152 Å². The van der Waals surface area contributed by atoms with Crippen molar-refractivity contribution in [2.24, 2.45) is 0 Å². The quantitative estimate of drug-likeness (QED) is 0.837. The normalized spacial score (nSPS) is 14.3. The number of hydrogen-bond acceptors (Lipinski definition) is 4. The van der Waals surface area contributed by atoms with Crippen LogP contribution in [0.25, 0.3) is 0 Å². The van der Waals surface area contributed by atoms with Gasteiger partial charge in [0, 0.05) is 17.3 Å². The summed E-state index contributed by atoms with van der Waals surface area (Å²) in [5.74, 6) is 6.17. The second-order valence-corrected chi connectivity index (χ2v) is 6.73. The molecule has 1 aliphatic rings. The van der Waals surface area contributed by atoms with Gasteiger partial charge in [0.15, 0.2) is 5.78 Å². The van der Waals surface area contributed by atoms with Gasteiger partial charge in [-0.25, -0.2) is 0 Å². The average molecular weight is 351 g/mol. The summed E-state index contributed by atoms with van der Waals surface area (Å²) in [6.45, 7) is 3.67. The van der Waals surface area contributed by atoms with Gasteiger partial charge in [0.2, 0.25) is 0 Å². The molecule has 0 saturated heterocycles. The molecule has 0 spiro atoms. The molecule has 1 fully saturated rings. The van der Waals surface area contributed by atoms with Crippen LogP contribution in [-0.4, -0.2) is 27.7 Å². The van der Waals surface area contributed by atoms with E-state index in [9.17, 15) is 14.7 Å². The van der Waals surface area contributed by atoms with E-state index in [2.05, 4.69) is 11.8 Å². The summed E-state index contributed by atoms with van der Waals surface area (Å²) in [6, 6.07) is 10.8. The fraction of sp³-hybridized carbons (Fsp3) is 0.333. The summed E-state index contributed by atoms with van der Waals surface area (Å²) in [5.41, 5.74) is 1.61. The highest BCUT2D eigenvalue weighted by Gasteiger charge is 2.38. The second kappa shape index (κ2) is 7.19. The van der Waals surface area contributed by atoms with Crippen LogP contribution in [0.3, 0.4) is 0 Å². The van der Waals surface area contributed by atoms with Gasteiger partial charge in [0.1, 0.15) is 18.0 Å². The number of carbonyl (C=O) groups is 1. The number of Topliss-reactive ketones (excluding diaryl/α,β-unsaturated/α-hetero) is 1. The van der Waals surface area contributed by atoms with Crippen molar-refractivity contribution in [3.8, 4) is 17.6 Å². The molecule has 0 aliphatic heterocycles. The minimum absolute atomic E-state index is 0.0412. The van der Waals surface area contributed by atoms with Crippen molar-refractivity contribution >= 4 is 5.78 Å². The van der Waals surface area contributed by atoms with Gasteiger partial charge in [-0.3, -0.25) is 9.59 Å². The number of ether oxygens (including phenoxy) is 1. The van der Waals surface area contributed by atoms with Gasteiger partial charge >= 0.3 is 0 Å². The number of aliphatic hydroxyl groups is 1. The Morgan fingerprint density at radius 1 is 1.27 bits per heavy atom. The van der Waals surface area contributed by atoms with Crippen molar-refractivity contribution in [1.29, 1.82) is 0 Å². The van der Waals surface area contributed by atoms with E-state index in [0.717, 1.165) is 29.7 Å². The first kappa shape index (κ1) is 18.0. The van der Waals surface area contributed by atoms with Crippen molar-refractivity contribution in [3.63, 3.8) is 0 Å². The molecule has 3 rings (SSSR count). The minimum Gasteiger partial charge on any atom is -0.486 e. The molecule has 5 heteroatoms. The molecule has 0 unspecified atom stereocenters. The molecule has 0 radical (unpaired) electrons. The third-order valence-electron chi connectivity index (χ3n) is 4.21. The molecule has 1 N–H and O–H groups in total. The zero-order chi connectivity index (χ0) is 18.7. The average Bonchev–Trinajstić information content (AvgIpc) is 3.33. The molecular formula is C21H21NO4. The summed E-state index contributed by atoms with van der Waals surface area (Å²) in [5, 5.41) is 9.75. The predicted octanol–water partition coefficient (Wildman–Crippen LogP) is 2.05. The van der Waals surface area contributed by atoms with E-state index in [1.165, 1.54) is 13.0 Å². The second-order valence-electron chi connectivity index (χ2n) is 6.73. The fourth-order valence-corrected chi connectivity index (χ4v) is 2.48. The van der Waals surface area contributed by atoms with Crippen LogP contribution < -0.4 is 10.3 Å². The number of aromatic nitrogens is 1. The Morgan fingerprint density at radius 3 is 2.54 bits per heavy atom. The number of aryl methyl sites for hydroxylation is 1. The van der Waals surface area contributed by atoms with E-state index in [0.29, 0.717) is 12.3 Å². The summed E-state index contributed by atoms with van der Waals surface area (Å²) in [4.78, 5) is 23.3. The third kappa shape index (κ3) is 4.62. The number of hydrogen-bond donors (Lipinski definition) is 1. The number of nitrogens with zero attached hydrogens (tertiary/aromatic N) is 1. The van der Waals surface area contributed by atoms with E-state index < -0.39 is 5.60 Å². The molecule has 2 aromatic rings. The van der Waals surface area contributed by atoms with E-state index in [1.807, 2.05) is 31.2 Å². The van der Waals surface area contributed by atoms with Crippen LogP contribution in [0.1, 0.15) is 36.6 Å². The van der Waals surface area contributed by atoms with Crippen LogP contribution >= 0.6 is 0 Å². The first-order valence-corrected chi connectivity index (χ1v) is 8.53. The van der Waals surface area contributed by atoms with Crippen molar-refractivity contribution in [2.45, 2.75) is 38.8 Å². The maximum atomic E-state index is 12.3. The third-order valence-corrected chi connectivity index (χ3v) is 4.21. The van der Waals surface area contributed by atoms with Gasteiger partial charge in [-0.2, -0.15) is 0 Å². The van der Waals surface area contributed by atoms with E-state index in [-0.39, 0.29) is 17.9 Å².